The predicted octanol–water partition coefficient (Wildman–Crippen LogP) is 0.365. The maximum atomic E-state index is 12.6. The molecule has 0 bridgehead atoms. The number of benzene rings is 1. The van der Waals surface area contributed by atoms with E-state index < -0.39 is 18.1 Å². The van der Waals surface area contributed by atoms with Crippen LogP contribution >= 0.6 is 0 Å². The van der Waals surface area contributed by atoms with E-state index >= 15 is 0 Å². The summed E-state index contributed by atoms with van der Waals surface area (Å²) in [6, 6.07) is 8.83. The average Bonchev–Trinajstić information content (AvgIpc) is 3.22. The lowest BCUT2D eigenvalue weighted by Gasteiger charge is -2.25. The summed E-state index contributed by atoms with van der Waals surface area (Å²) in [6.45, 7) is -0.615. The van der Waals surface area contributed by atoms with E-state index in [0.29, 0.717) is 23.4 Å². The van der Waals surface area contributed by atoms with Crippen molar-refractivity contribution < 1.29 is 19.7 Å². The number of nitrogens with two attached hydrogens (primary N) is 1. The van der Waals surface area contributed by atoms with Crippen LogP contribution in [-0.4, -0.2) is 75.0 Å². The molecule has 0 saturated carbocycles. The minimum atomic E-state index is -0.750. The molecule has 4 N–H and O–H groups in total. The SMILES string of the molecule is CN(C)c1ncnc2c1ncn2CO[C@H](CO)C(CO)CC(=O)[C@@H](N)Cc1ccccc1. The second-order valence-electron chi connectivity index (χ2n) is 7.90. The predicted molar refractivity (Wildman–Crippen MR) is 120 cm³/mol. The molecular weight excluding hydrogens is 412 g/mol. The zero-order chi connectivity index (χ0) is 23.1. The molecule has 0 radical (unpaired) electrons. The zero-order valence-electron chi connectivity index (χ0n) is 18.3. The molecule has 0 fully saturated rings. The molecule has 32 heavy (non-hydrogen) atoms. The highest BCUT2D eigenvalue weighted by Gasteiger charge is 2.27. The number of hydrogen-bond acceptors (Lipinski definition) is 9. The van der Waals surface area contributed by atoms with Crippen molar-refractivity contribution in [2.24, 2.45) is 11.7 Å². The first-order valence-corrected chi connectivity index (χ1v) is 10.4. The molecule has 0 spiro atoms. The van der Waals surface area contributed by atoms with E-state index in [-0.39, 0.29) is 32.1 Å². The normalized spacial score (nSPS) is 14.3. The van der Waals surface area contributed by atoms with Gasteiger partial charge in [-0.05, 0) is 12.0 Å². The van der Waals surface area contributed by atoms with Crippen molar-refractivity contribution in [1.29, 1.82) is 0 Å². The Labute approximate surface area is 186 Å². The van der Waals surface area contributed by atoms with Crippen molar-refractivity contribution >= 4 is 22.8 Å². The number of carbonyl (C=O) groups is 1. The molecule has 3 aromatic rings. The topological polar surface area (TPSA) is 140 Å². The van der Waals surface area contributed by atoms with Gasteiger partial charge in [0.1, 0.15) is 18.8 Å². The van der Waals surface area contributed by atoms with Crippen LogP contribution in [0.4, 0.5) is 5.82 Å². The van der Waals surface area contributed by atoms with Crippen LogP contribution in [0.3, 0.4) is 0 Å². The van der Waals surface area contributed by atoms with Crippen LogP contribution in [0.1, 0.15) is 12.0 Å². The first-order valence-electron chi connectivity index (χ1n) is 10.4. The highest BCUT2D eigenvalue weighted by molar-refractivity contribution is 5.84. The number of imidazole rings is 1. The van der Waals surface area contributed by atoms with Crippen LogP contribution in [0.2, 0.25) is 0 Å². The number of fused-ring (bicyclic) bond motifs is 1. The van der Waals surface area contributed by atoms with E-state index in [1.54, 1.807) is 10.9 Å². The van der Waals surface area contributed by atoms with Crippen molar-refractivity contribution in [2.75, 3.05) is 32.2 Å². The van der Waals surface area contributed by atoms with E-state index in [0.717, 1.165) is 5.56 Å². The van der Waals surface area contributed by atoms with Gasteiger partial charge in [-0.3, -0.25) is 9.36 Å². The number of rotatable bonds is 12. The van der Waals surface area contributed by atoms with Gasteiger partial charge in [0.05, 0.1) is 25.1 Å². The Bertz CT molecular complexity index is 1010. The lowest BCUT2D eigenvalue weighted by atomic mass is 9.92. The van der Waals surface area contributed by atoms with Gasteiger partial charge in [0.15, 0.2) is 17.0 Å². The third-order valence-corrected chi connectivity index (χ3v) is 5.35. The third kappa shape index (κ3) is 5.65. The molecule has 1 aromatic carbocycles. The van der Waals surface area contributed by atoms with E-state index in [2.05, 4.69) is 15.0 Å². The molecule has 2 aromatic heterocycles. The maximum Gasteiger partial charge on any atom is 0.167 e. The Morgan fingerprint density at radius 2 is 1.91 bits per heavy atom. The van der Waals surface area contributed by atoms with Crippen molar-refractivity contribution in [2.45, 2.75) is 31.7 Å². The summed E-state index contributed by atoms with van der Waals surface area (Å²) in [5.74, 6) is -0.0961. The number of ketones is 1. The number of Topliss-reactive ketones (excluding diaryl/α,β-unsaturated/α-hetero) is 1. The minimum Gasteiger partial charge on any atom is -0.396 e. The molecule has 0 amide bonds. The molecule has 3 atom stereocenters. The Morgan fingerprint density at radius 1 is 1.16 bits per heavy atom. The standard InChI is InChI=1S/C22H30N6O4/c1-27(2)21-20-22(25-12-24-21)28(13-26-20)14-32-19(11-30)16(10-29)9-18(31)17(23)8-15-6-4-3-5-7-15/h3-7,12-13,16-17,19,29-30H,8-11,14,23H2,1-2H3/t16?,17-,19+/m0/s1. The summed E-state index contributed by atoms with van der Waals surface area (Å²) >= 11 is 0. The van der Waals surface area contributed by atoms with Crippen LogP contribution in [0.5, 0.6) is 0 Å². The average molecular weight is 443 g/mol. The first-order chi connectivity index (χ1) is 15.4. The van der Waals surface area contributed by atoms with Crippen molar-refractivity contribution in [1.82, 2.24) is 19.5 Å². The van der Waals surface area contributed by atoms with Crippen LogP contribution < -0.4 is 10.6 Å². The van der Waals surface area contributed by atoms with E-state index in [1.807, 2.05) is 49.3 Å². The first kappa shape index (κ1) is 23.7. The molecule has 0 aliphatic rings. The quantitative estimate of drug-likeness (QED) is 0.363. The van der Waals surface area contributed by atoms with Crippen LogP contribution in [0, 0.1) is 5.92 Å². The fourth-order valence-electron chi connectivity index (χ4n) is 3.51. The van der Waals surface area contributed by atoms with Crippen molar-refractivity contribution in [3.05, 3.63) is 48.5 Å². The lowest BCUT2D eigenvalue weighted by Crippen LogP contribution is -2.39. The van der Waals surface area contributed by atoms with Crippen molar-refractivity contribution in [3.63, 3.8) is 0 Å². The van der Waals surface area contributed by atoms with E-state index in [1.165, 1.54) is 6.33 Å². The van der Waals surface area contributed by atoms with Crippen LogP contribution in [0.15, 0.2) is 43.0 Å². The molecule has 0 aliphatic heterocycles. The Balaban J connectivity index is 1.63. The number of anilines is 1. The minimum absolute atomic E-state index is 0.00729. The summed E-state index contributed by atoms with van der Waals surface area (Å²) in [4.78, 5) is 27.3. The Morgan fingerprint density at radius 3 is 2.56 bits per heavy atom. The molecule has 3 rings (SSSR count). The lowest BCUT2D eigenvalue weighted by molar-refractivity contribution is -0.125. The molecule has 2 heterocycles. The monoisotopic (exact) mass is 442 g/mol. The number of carbonyl (C=O) groups excluding carboxylic acids is 1. The number of aliphatic hydroxyl groups is 2. The molecular formula is C22H30N6O4. The van der Waals surface area contributed by atoms with Gasteiger partial charge in [-0.25, -0.2) is 15.0 Å². The van der Waals surface area contributed by atoms with Crippen molar-refractivity contribution in [3.8, 4) is 0 Å². The smallest absolute Gasteiger partial charge is 0.167 e. The van der Waals surface area contributed by atoms with Gasteiger partial charge >= 0.3 is 0 Å². The van der Waals surface area contributed by atoms with Gasteiger partial charge in [0, 0.05) is 33.0 Å². The van der Waals surface area contributed by atoms with Gasteiger partial charge < -0.3 is 25.6 Å². The van der Waals surface area contributed by atoms with Gasteiger partial charge in [-0.2, -0.15) is 0 Å². The number of aromatic nitrogens is 4. The molecule has 1 unspecified atom stereocenters. The van der Waals surface area contributed by atoms with E-state index in [9.17, 15) is 15.0 Å². The summed E-state index contributed by atoms with van der Waals surface area (Å²) in [5, 5.41) is 19.7. The zero-order valence-corrected chi connectivity index (χ0v) is 18.3. The summed E-state index contributed by atoms with van der Waals surface area (Å²) in [5.41, 5.74) is 8.26. The molecule has 172 valence electrons. The third-order valence-electron chi connectivity index (χ3n) is 5.35. The maximum absolute atomic E-state index is 12.6. The number of hydrogen-bond donors (Lipinski definition) is 3. The second kappa shape index (κ2) is 11.1. The molecule has 0 saturated heterocycles. The van der Waals surface area contributed by atoms with Gasteiger partial charge in [0.2, 0.25) is 0 Å². The highest BCUT2D eigenvalue weighted by Crippen LogP contribution is 2.21. The number of aliphatic hydroxyl groups excluding tert-OH is 2. The summed E-state index contributed by atoms with van der Waals surface area (Å²) in [6.07, 6.45) is 2.70. The fraction of sp³-hybridized carbons (Fsp3) is 0.455. The molecule has 0 aliphatic carbocycles. The number of ether oxygens (including phenoxy) is 1. The van der Waals surface area contributed by atoms with Gasteiger partial charge in [-0.15, -0.1) is 0 Å². The van der Waals surface area contributed by atoms with Crippen LogP contribution in [0.25, 0.3) is 11.2 Å². The number of nitrogens with zero attached hydrogens (tertiary/aromatic N) is 5. The van der Waals surface area contributed by atoms with Crippen LogP contribution in [-0.2, 0) is 22.7 Å². The van der Waals surface area contributed by atoms with Gasteiger partial charge in [-0.1, -0.05) is 30.3 Å². The fourth-order valence-corrected chi connectivity index (χ4v) is 3.51. The highest BCUT2D eigenvalue weighted by atomic mass is 16.5. The largest absolute Gasteiger partial charge is 0.396 e. The molecule has 10 heteroatoms. The Kier molecular flexibility index (Phi) is 8.23. The summed E-state index contributed by atoms with van der Waals surface area (Å²) < 4.78 is 7.53. The molecule has 10 nitrogen and oxygen atoms in total. The Hall–Kier alpha value is -2.92. The second-order valence-corrected chi connectivity index (χ2v) is 7.90. The van der Waals surface area contributed by atoms with E-state index in [4.69, 9.17) is 10.5 Å². The summed E-state index contributed by atoms with van der Waals surface area (Å²) in [7, 11) is 3.73. The van der Waals surface area contributed by atoms with Gasteiger partial charge in [0.25, 0.3) is 0 Å².